The summed E-state index contributed by atoms with van der Waals surface area (Å²) < 4.78 is 9.90. The Hall–Kier alpha value is -2.73. The predicted octanol–water partition coefficient (Wildman–Crippen LogP) is 3.75. The first-order valence-electron chi connectivity index (χ1n) is 8.69. The number of ether oxygens (including phenoxy) is 1. The quantitative estimate of drug-likeness (QED) is 0.560. The summed E-state index contributed by atoms with van der Waals surface area (Å²) in [6, 6.07) is 6.29. The number of aryl methyl sites for hydroxylation is 1. The van der Waals surface area contributed by atoms with Crippen LogP contribution in [0.1, 0.15) is 31.2 Å². The molecule has 0 bridgehead atoms. The molecule has 1 aliphatic rings. The summed E-state index contributed by atoms with van der Waals surface area (Å²) in [4.78, 5) is 8.88. The number of benzene rings is 1. The Kier molecular flexibility index (Phi) is 3.31. The molecule has 1 fully saturated rings. The van der Waals surface area contributed by atoms with E-state index < -0.39 is 0 Å². The largest absolute Gasteiger partial charge is 0.356 e. The molecule has 0 N–H and O–H groups in total. The summed E-state index contributed by atoms with van der Waals surface area (Å²) >= 11 is 0. The highest BCUT2D eigenvalue weighted by molar-refractivity contribution is 5.94. The van der Waals surface area contributed by atoms with E-state index in [0.29, 0.717) is 0 Å². The number of nitrogens with zero attached hydrogens (tertiary/aromatic N) is 5. The van der Waals surface area contributed by atoms with Gasteiger partial charge in [0.15, 0.2) is 6.23 Å². The Bertz CT molecular complexity index is 1060. The van der Waals surface area contributed by atoms with E-state index in [4.69, 9.17) is 4.74 Å². The molecule has 1 aromatic carbocycles. The van der Waals surface area contributed by atoms with E-state index in [2.05, 4.69) is 39.5 Å². The Balaban J connectivity index is 1.64. The zero-order valence-electron chi connectivity index (χ0n) is 14.1. The average molecular weight is 333 g/mol. The lowest BCUT2D eigenvalue weighted by molar-refractivity contribution is -0.0366. The van der Waals surface area contributed by atoms with E-state index in [-0.39, 0.29) is 6.23 Å². The summed E-state index contributed by atoms with van der Waals surface area (Å²) in [6.07, 6.45) is 11.3. The second-order valence-corrected chi connectivity index (χ2v) is 6.58. The van der Waals surface area contributed by atoms with Crippen LogP contribution in [0.3, 0.4) is 0 Å². The van der Waals surface area contributed by atoms with Gasteiger partial charge in [0, 0.05) is 36.1 Å². The first-order chi connectivity index (χ1) is 12.3. The molecule has 1 saturated heterocycles. The lowest BCUT2D eigenvalue weighted by Crippen LogP contribution is -2.18. The van der Waals surface area contributed by atoms with Gasteiger partial charge in [-0.3, -0.25) is 4.40 Å². The molecule has 6 nitrogen and oxygen atoms in total. The molecular weight excluding hydrogens is 314 g/mol. The molecule has 1 atom stereocenters. The van der Waals surface area contributed by atoms with Crippen molar-refractivity contribution >= 4 is 16.7 Å². The summed E-state index contributed by atoms with van der Waals surface area (Å²) in [5.41, 5.74) is 4.25. The summed E-state index contributed by atoms with van der Waals surface area (Å²) in [7, 11) is 0. The van der Waals surface area contributed by atoms with Crippen molar-refractivity contribution in [1.82, 2.24) is 24.1 Å². The minimum atomic E-state index is 0.0402. The minimum absolute atomic E-state index is 0.0402. The van der Waals surface area contributed by atoms with Gasteiger partial charge in [-0.15, -0.1) is 0 Å². The molecule has 0 amide bonds. The topological polar surface area (TPSA) is 57.2 Å². The monoisotopic (exact) mass is 333 g/mol. The Morgan fingerprint density at radius 1 is 1.16 bits per heavy atom. The van der Waals surface area contributed by atoms with E-state index in [0.717, 1.165) is 52.9 Å². The first-order valence-corrected chi connectivity index (χ1v) is 8.69. The number of imidazole rings is 1. The molecule has 0 radical (unpaired) electrons. The van der Waals surface area contributed by atoms with Crippen LogP contribution in [0.15, 0.2) is 43.0 Å². The maximum absolute atomic E-state index is 5.91. The van der Waals surface area contributed by atoms with Crippen LogP contribution in [0.25, 0.3) is 27.8 Å². The molecule has 4 heterocycles. The van der Waals surface area contributed by atoms with E-state index in [9.17, 15) is 0 Å². The van der Waals surface area contributed by atoms with Gasteiger partial charge < -0.3 is 4.74 Å². The van der Waals surface area contributed by atoms with Crippen molar-refractivity contribution in [3.05, 3.63) is 48.7 Å². The van der Waals surface area contributed by atoms with Crippen molar-refractivity contribution in [2.75, 3.05) is 6.61 Å². The molecule has 5 rings (SSSR count). The number of hydrogen-bond acceptors (Lipinski definition) is 4. The summed E-state index contributed by atoms with van der Waals surface area (Å²) in [5, 5.41) is 5.74. The van der Waals surface area contributed by atoms with Gasteiger partial charge in [0.25, 0.3) is 0 Å². The molecule has 0 spiro atoms. The van der Waals surface area contributed by atoms with Crippen molar-refractivity contribution < 1.29 is 4.74 Å². The molecule has 0 saturated carbocycles. The third-order valence-corrected chi connectivity index (χ3v) is 4.81. The summed E-state index contributed by atoms with van der Waals surface area (Å²) in [5.74, 6) is 0.722. The van der Waals surface area contributed by atoms with Crippen LogP contribution in [-0.4, -0.2) is 30.8 Å². The molecule has 4 aromatic rings. The lowest BCUT2D eigenvalue weighted by atomic mass is 10.0. The third-order valence-electron chi connectivity index (χ3n) is 4.81. The van der Waals surface area contributed by atoms with Crippen molar-refractivity contribution in [2.45, 2.75) is 32.4 Å². The van der Waals surface area contributed by atoms with Crippen LogP contribution < -0.4 is 0 Å². The van der Waals surface area contributed by atoms with Gasteiger partial charge in [0.2, 0.25) is 5.78 Å². The molecule has 0 aliphatic carbocycles. The highest BCUT2D eigenvalue weighted by atomic mass is 16.5. The second-order valence-electron chi connectivity index (χ2n) is 6.58. The molecule has 1 unspecified atom stereocenters. The molecule has 3 aromatic heterocycles. The van der Waals surface area contributed by atoms with Crippen LogP contribution in [0, 0.1) is 6.92 Å². The normalized spacial score (nSPS) is 18.2. The van der Waals surface area contributed by atoms with Crippen LogP contribution in [0.4, 0.5) is 0 Å². The van der Waals surface area contributed by atoms with E-state index >= 15 is 0 Å². The molecule has 6 heteroatoms. The van der Waals surface area contributed by atoms with E-state index in [1.165, 1.54) is 6.42 Å². The van der Waals surface area contributed by atoms with Crippen molar-refractivity contribution in [3.8, 4) is 11.1 Å². The fourth-order valence-electron chi connectivity index (χ4n) is 3.61. The van der Waals surface area contributed by atoms with Crippen LogP contribution in [0.2, 0.25) is 0 Å². The van der Waals surface area contributed by atoms with Gasteiger partial charge in [-0.2, -0.15) is 5.10 Å². The van der Waals surface area contributed by atoms with Crippen LogP contribution in [-0.2, 0) is 4.74 Å². The maximum Gasteiger partial charge on any atom is 0.233 e. The SMILES string of the molecule is Cc1cn2cc(-c3cccc4c3cnn4C3CCCCO3)cnc2n1. The fourth-order valence-corrected chi connectivity index (χ4v) is 3.61. The molecule has 25 heavy (non-hydrogen) atoms. The Morgan fingerprint density at radius 3 is 3.00 bits per heavy atom. The van der Waals surface area contributed by atoms with Gasteiger partial charge in [-0.25, -0.2) is 14.6 Å². The Labute approximate surface area is 145 Å². The number of hydrogen-bond donors (Lipinski definition) is 0. The predicted molar refractivity (Wildman–Crippen MR) is 95.3 cm³/mol. The highest BCUT2D eigenvalue weighted by Crippen LogP contribution is 2.31. The van der Waals surface area contributed by atoms with Crippen molar-refractivity contribution in [2.24, 2.45) is 0 Å². The molecule has 126 valence electrons. The molecular formula is C19H19N5O. The standard InChI is InChI=1S/C19H19N5O/c1-13-11-23-12-14(9-20-19(23)22-13)15-5-4-6-17-16(15)10-21-24(17)18-7-2-3-8-25-18/h4-6,9-12,18H,2-3,7-8H2,1H3. The van der Waals surface area contributed by atoms with Gasteiger partial charge in [-0.1, -0.05) is 12.1 Å². The maximum atomic E-state index is 5.91. The lowest BCUT2D eigenvalue weighted by Gasteiger charge is -2.23. The van der Waals surface area contributed by atoms with E-state index in [1.54, 1.807) is 0 Å². The fraction of sp³-hybridized carbons (Fsp3) is 0.316. The zero-order valence-corrected chi connectivity index (χ0v) is 14.1. The Morgan fingerprint density at radius 2 is 2.12 bits per heavy atom. The van der Waals surface area contributed by atoms with Gasteiger partial charge in [0.05, 0.1) is 17.4 Å². The number of rotatable bonds is 2. The third kappa shape index (κ3) is 2.41. The number of aromatic nitrogens is 5. The summed E-state index contributed by atoms with van der Waals surface area (Å²) in [6.45, 7) is 2.79. The van der Waals surface area contributed by atoms with Gasteiger partial charge in [0.1, 0.15) is 0 Å². The van der Waals surface area contributed by atoms with Crippen LogP contribution >= 0.6 is 0 Å². The second kappa shape index (κ2) is 5.67. The van der Waals surface area contributed by atoms with Crippen molar-refractivity contribution in [1.29, 1.82) is 0 Å². The van der Waals surface area contributed by atoms with Crippen molar-refractivity contribution in [3.63, 3.8) is 0 Å². The van der Waals surface area contributed by atoms with E-state index in [1.807, 2.05) is 34.6 Å². The minimum Gasteiger partial charge on any atom is -0.356 e. The average Bonchev–Trinajstić information content (AvgIpc) is 3.24. The first kappa shape index (κ1) is 14.6. The van der Waals surface area contributed by atoms with Crippen LogP contribution in [0.5, 0.6) is 0 Å². The number of fused-ring (bicyclic) bond motifs is 2. The smallest absolute Gasteiger partial charge is 0.233 e. The zero-order chi connectivity index (χ0) is 16.8. The van der Waals surface area contributed by atoms with Gasteiger partial charge in [-0.05, 0) is 37.8 Å². The molecule has 1 aliphatic heterocycles. The highest BCUT2D eigenvalue weighted by Gasteiger charge is 2.19. The van der Waals surface area contributed by atoms with Gasteiger partial charge >= 0.3 is 0 Å².